The van der Waals surface area contributed by atoms with E-state index in [1.54, 1.807) is 24.3 Å². The second kappa shape index (κ2) is 7.09. The fourth-order valence-electron chi connectivity index (χ4n) is 1.27. The van der Waals surface area contributed by atoms with Crippen molar-refractivity contribution in [3.8, 4) is 0 Å². The minimum absolute atomic E-state index is 0.0263. The maximum Gasteiger partial charge on any atom is 0.303 e. The van der Waals surface area contributed by atoms with E-state index in [0.717, 1.165) is 4.90 Å². The predicted octanol–water partition coefficient (Wildman–Crippen LogP) is 1.82. The summed E-state index contributed by atoms with van der Waals surface area (Å²) in [4.78, 5) is 22.9. The Labute approximate surface area is 104 Å². The molecule has 5 heteroatoms. The van der Waals surface area contributed by atoms with E-state index in [1.165, 1.54) is 11.8 Å². The van der Waals surface area contributed by atoms with Crippen molar-refractivity contribution in [3.63, 3.8) is 0 Å². The standard InChI is InChI=1S/C12H14O4S/c13-7-8-17-10-3-1-9(2-4-10)11(14)5-6-12(15)16/h1-4,13H,5-8H2,(H,15,16). The molecule has 0 aliphatic carbocycles. The third kappa shape index (κ3) is 5.01. The number of thioether (sulfide) groups is 1. The van der Waals surface area contributed by atoms with Gasteiger partial charge in [-0.25, -0.2) is 0 Å². The molecule has 0 spiro atoms. The van der Waals surface area contributed by atoms with E-state index in [9.17, 15) is 9.59 Å². The van der Waals surface area contributed by atoms with E-state index in [-0.39, 0.29) is 25.2 Å². The van der Waals surface area contributed by atoms with E-state index < -0.39 is 5.97 Å². The Morgan fingerprint density at radius 2 is 1.76 bits per heavy atom. The summed E-state index contributed by atoms with van der Waals surface area (Å²) >= 11 is 1.50. The van der Waals surface area contributed by atoms with Gasteiger partial charge in [-0.2, -0.15) is 0 Å². The number of aliphatic carboxylic acids is 1. The van der Waals surface area contributed by atoms with Crippen LogP contribution < -0.4 is 0 Å². The Kier molecular flexibility index (Phi) is 5.72. The fourth-order valence-corrected chi connectivity index (χ4v) is 1.92. The number of carbonyl (C=O) groups is 2. The zero-order chi connectivity index (χ0) is 12.7. The van der Waals surface area contributed by atoms with Crippen molar-refractivity contribution in [1.29, 1.82) is 0 Å². The highest BCUT2D eigenvalue weighted by Crippen LogP contribution is 2.18. The summed E-state index contributed by atoms with van der Waals surface area (Å²) in [5.41, 5.74) is 0.527. The molecule has 17 heavy (non-hydrogen) atoms. The summed E-state index contributed by atoms with van der Waals surface area (Å²) < 4.78 is 0. The van der Waals surface area contributed by atoms with Crippen molar-refractivity contribution in [1.82, 2.24) is 0 Å². The van der Waals surface area contributed by atoms with Crippen LogP contribution in [-0.4, -0.2) is 34.3 Å². The van der Waals surface area contributed by atoms with Crippen molar-refractivity contribution < 1.29 is 19.8 Å². The van der Waals surface area contributed by atoms with Gasteiger partial charge in [0.05, 0.1) is 13.0 Å². The molecule has 0 aliphatic rings. The molecule has 4 nitrogen and oxygen atoms in total. The summed E-state index contributed by atoms with van der Waals surface area (Å²) in [6.07, 6.45) is -0.113. The first-order valence-electron chi connectivity index (χ1n) is 5.22. The molecule has 0 aliphatic heterocycles. The van der Waals surface area contributed by atoms with Gasteiger partial charge in [0.25, 0.3) is 0 Å². The fraction of sp³-hybridized carbons (Fsp3) is 0.333. The Morgan fingerprint density at radius 1 is 1.12 bits per heavy atom. The maximum atomic E-state index is 11.6. The molecule has 0 radical (unpaired) electrons. The number of carbonyl (C=O) groups excluding carboxylic acids is 1. The van der Waals surface area contributed by atoms with Gasteiger partial charge in [-0.05, 0) is 12.1 Å². The first-order chi connectivity index (χ1) is 8.13. The smallest absolute Gasteiger partial charge is 0.303 e. The lowest BCUT2D eigenvalue weighted by atomic mass is 10.1. The van der Waals surface area contributed by atoms with Crippen LogP contribution in [-0.2, 0) is 4.79 Å². The monoisotopic (exact) mass is 254 g/mol. The molecule has 0 saturated carbocycles. The highest BCUT2D eigenvalue weighted by Gasteiger charge is 2.08. The lowest BCUT2D eigenvalue weighted by Crippen LogP contribution is -2.03. The molecule has 0 heterocycles. The van der Waals surface area contributed by atoms with Gasteiger partial charge in [0.2, 0.25) is 0 Å². The van der Waals surface area contributed by atoms with Crippen LogP contribution in [0.15, 0.2) is 29.2 Å². The zero-order valence-corrected chi connectivity index (χ0v) is 10.1. The molecule has 1 aromatic rings. The molecule has 1 rings (SSSR count). The Hall–Kier alpha value is -1.33. The summed E-state index contributed by atoms with van der Waals surface area (Å²) in [6.45, 7) is 0.115. The number of hydrogen-bond donors (Lipinski definition) is 2. The van der Waals surface area contributed by atoms with Crippen LogP contribution in [0.5, 0.6) is 0 Å². The summed E-state index contributed by atoms with van der Waals surface area (Å²) in [6, 6.07) is 6.97. The van der Waals surface area contributed by atoms with Crippen molar-refractivity contribution in [2.24, 2.45) is 0 Å². The quantitative estimate of drug-likeness (QED) is 0.573. The SMILES string of the molecule is O=C(O)CCC(=O)c1ccc(SCCO)cc1. The average molecular weight is 254 g/mol. The molecule has 0 aromatic heterocycles. The second-order valence-corrected chi connectivity index (χ2v) is 4.58. The lowest BCUT2D eigenvalue weighted by molar-refractivity contribution is -0.136. The van der Waals surface area contributed by atoms with Gasteiger partial charge in [0.1, 0.15) is 0 Å². The predicted molar refractivity (Wildman–Crippen MR) is 65.5 cm³/mol. The minimum atomic E-state index is -0.964. The van der Waals surface area contributed by atoms with E-state index in [1.807, 2.05) is 0 Å². The van der Waals surface area contributed by atoms with Gasteiger partial charge < -0.3 is 10.2 Å². The van der Waals surface area contributed by atoms with Crippen LogP contribution in [0.1, 0.15) is 23.2 Å². The van der Waals surface area contributed by atoms with E-state index in [4.69, 9.17) is 10.2 Å². The van der Waals surface area contributed by atoms with Crippen LogP contribution in [0.3, 0.4) is 0 Å². The van der Waals surface area contributed by atoms with E-state index >= 15 is 0 Å². The molecule has 0 fully saturated rings. The van der Waals surface area contributed by atoms with Crippen LogP contribution >= 0.6 is 11.8 Å². The first kappa shape index (κ1) is 13.7. The van der Waals surface area contributed by atoms with Gasteiger partial charge in [-0.15, -0.1) is 11.8 Å². The van der Waals surface area contributed by atoms with E-state index in [2.05, 4.69) is 0 Å². The van der Waals surface area contributed by atoms with Gasteiger partial charge in [-0.3, -0.25) is 9.59 Å². The molecule has 0 bridgehead atoms. The number of carboxylic acid groups (broad SMARTS) is 1. The number of carboxylic acids is 1. The van der Waals surface area contributed by atoms with E-state index in [0.29, 0.717) is 11.3 Å². The molecule has 92 valence electrons. The number of Topliss-reactive ketones (excluding diaryl/α,β-unsaturated/α-hetero) is 1. The zero-order valence-electron chi connectivity index (χ0n) is 9.26. The average Bonchev–Trinajstić information content (AvgIpc) is 2.34. The Morgan fingerprint density at radius 3 is 2.29 bits per heavy atom. The highest BCUT2D eigenvalue weighted by atomic mass is 32.2. The Bertz CT molecular complexity index is 386. The molecule has 0 saturated heterocycles. The molecule has 2 N–H and O–H groups in total. The summed E-state index contributed by atoms with van der Waals surface area (Å²) in [7, 11) is 0. The molecule has 0 atom stereocenters. The normalized spacial score (nSPS) is 10.2. The van der Waals surface area contributed by atoms with Crippen molar-refractivity contribution in [3.05, 3.63) is 29.8 Å². The number of aliphatic hydroxyl groups is 1. The highest BCUT2D eigenvalue weighted by molar-refractivity contribution is 7.99. The van der Waals surface area contributed by atoms with Crippen LogP contribution in [0.2, 0.25) is 0 Å². The van der Waals surface area contributed by atoms with Gasteiger partial charge in [-0.1, -0.05) is 12.1 Å². The van der Waals surface area contributed by atoms with Crippen LogP contribution in [0.25, 0.3) is 0 Å². The number of rotatable bonds is 7. The number of ketones is 1. The van der Waals surface area contributed by atoms with Crippen molar-refractivity contribution in [2.75, 3.05) is 12.4 Å². The number of hydrogen-bond acceptors (Lipinski definition) is 4. The third-order valence-corrected chi connectivity index (χ3v) is 3.09. The molecule has 0 unspecified atom stereocenters. The summed E-state index contributed by atoms with van der Waals surface area (Å²) in [5, 5.41) is 17.1. The minimum Gasteiger partial charge on any atom is -0.481 e. The topological polar surface area (TPSA) is 74.6 Å². The second-order valence-electron chi connectivity index (χ2n) is 3.41. The third-order valence-electron chi connectivity index (χ3n) is 2.10. The number of benzene rings is 1. The largest absolute Gasteiger partial charge is 0.481 e. The molecule has 0 amide bonds. The van der Waals surface area contributed by atoms with Crippen molar-refractivity contribution in [2.45, 2.75) is 17.7 Å². The van der Waals surface area contributed by atoms with Gasteiger partial charge in [0, 0.05) is 22.6 Å². The van der Waals surface area contributed by atoms with Gasteiger partial charge >= 0.3 is 5.97 Å². The maximum absolute atomic E-state index is 11.6. The molecular formula is C12H14O4S. The lowest BCUT2D eigenvalue weighted by Gasteiger charge is -2.02. The van der Waals surface area contributed by atoms with Crippen LogP contribution in [0.4, 0.5) is 0 Å². The Balaban J connectivity index is 2.54. The molecular weight excluding hydrogens is 240 g/mol. The molecule has 1 aromatic carbocycles. The number of aliphatic hydroxyl groups excluding tert-OH is 1. The summed E-state index contributed by atoms with van der Waals surface area (Å²) in [5.74, 6) is -0.508. The van der Waals surface area contributed by atoms with Crippen molar-refractivity contribution >= 4 is 23.5 Å². The first-order valence-corrected chi connectivity index (χ1v) is 6.20. The van der Waals surface area contributed by atoms with Gasteiger partial charge in [0.15, 0.2) is 5.78 Å². The van der Waals surface area contributed by atoms with Crippen LogP contribution in [0, 0.1) is 0 Å².